The van der Waals surface area contributed by atoms with Gasteiger partial charge in [0.1, 0.15) is 5.75 Å². The molecule has 3 aromatic rings. The SMILES string of the molecule is COC(=O)c1cn(NC(=O)COc2ccc(C)cc2)c(=O)c2ccccc12. The Labute approximate surface area is 155 Å². The molecule has 0 saturated carbocycles. The summed E-state index contributed by atoms with van der Waals surface area (Å²) in [7, 11) is 1.25. The maximum Gasteiger partial charge on any atom is 0.340 e. The number of carbonyl (C=O) groups excluding carboxylic acids is 2. The van der Waals surface area contributed by atoms with Crippen molar-refractivity contribution in [2.45, 2.75) is 6.92 Å². The van der Waals surface area contributed by atoms with Gasteiger partial charge in [-0.05, 0) is 25.1 Å². The molecule has 3 rings (SSSR count). The third-order valence-electron chi connectivity index (χ3n) is 3.97. The van der Waals surface area contributed by atoms with Gasteiger partial charge in [0.25, 0.3) is 11.5 Å². The van der Waals surface area contributed by atoms with E-state index in [0.29, 0.717) is 16.5 Å². The minimum absolute atomic E-state index is 0.174. The van der Waals surface area contributed by atoms with E-state index in [2.05, 4.69) is 5.43 Å². The molecule has 7 heteroatoms. The van der Waals surface area contributed by atoms with Crippen LogP contribution in [-0.2, 0) is 9.53 Å². The first-order valence-corrected chi connectivity index (χ1v) is 8.21. The number of esters is 1. The summed E-state index contributed by atoms with van der Waals surface area (Å²) in [6, 6.07) is 13.9. The van der Waals surface area contributed by atoms with Crippen molar-refractivity contribution in [3.8, 4) is 5.75 Å². The molecule has 0 aliphatic heterocycles. The van der Waals surface area contributed by atoms with Crippen molar-refractivity contribution in [1.82, 2.24) is 4.68 Å². The molecule has 0 spiro atoms. The molecule has 0 radical (unpaired) electrons. The van der Waals surface area contributed by atoms with Crippen molar-refractivity contribution in [3.05, 3.63) is 76.2 Å². The van der Waals surface area contributed by atoms with Gasteiger partial charge < -0.3 is 9.47 Å². The van der Waals surface area contributed by atoms with Gasteiger partial charge in [-0.1, -0.05) is 35.9 Å². The van der Waals surface area contributed by atoms with Crippen LogP contribution in [0, 0.1) is 6.92 Å². The van der Waals surface area contributed by atoms with Crippen LogP contribution in [0.15, 0.2) is 59.5 Å². The number of nitrogens with zero attached hydrogens (tertiary/aromatic N) is 1. The van der Waals surface area contributed by atoms with E-state index in [0.717, 1.165) is 10.2 Å². The molecule has 0 atom stereocenters. The molecular weight excluding hydrogens is 348 g/mol. The fourth-order valence-electron chi connectivity index (χ4n) is 2.60. The van der Waals surface area contributed by atoms with Crippen LogP contribution < -0.4 is 15.7 Å². The van der Waals surface area contributed by atoms with E-state index in [4.69, 9.17) is 9.47 Å². The number of nitrogens with one attached hydrogen (secondary N) is 1. The van der Waals surface area contributed by atoms with Crippen LogP contribution >= 0.6 is 0 Å². The Morgan fingerprint density at radius 3 is 2.37 bits per heavy atom. The van der Waals surface area contributed by atoms with Gasteiger partial charge in [0.2, 0.25) is 0 Å². The molecule has 0 saturated heterocycles. The second-order valence-electron chi connectivity index (χ2n) is 5.89. The fourth-order valence-corrected chi connectivity index (χ4v) is 2.60. The average molecular weight is 366 g/mol. The topological polar surface area (TPSA) is 86.6 Å². The first kappa shape index (κ1) is 18.2. The summed E-state index contributed by atoms with van der Waals surface area (Å²) >= 11 is 0. The lowest BCUT2D eigenvalue weighted by Crippen LogP contribution is -2.36. The van der Waals surface area contributed by atoms with Crippen molar-refractivity contribution in [2.24, 2.45) is 0 Å². The lowest BCUT2D eigenvalue weighted by Gasteiger charge is -2.12. The summed E-state index contributed by atoms with van der Waals surface area (Å²) in [5.74, 6) is -0.606. The lowest BCUT2D eigenvalue weighted by atomic mass is 10.1. The van der Waals surface area contributed by atoms with E-state index < -0.39 is 17.4 Å². The Morgan fingerprint density at radius 1 is 1.04 bits per heavy atom. The quantitative estimate of drug-likeness (QED) is 0.700. The highest BCUT2D eigenvalue weighted by Gasteiger charge is 2.16. The third-order valence-corrected chi connectivity index (χ3v) is 3.97. The highest BCUT2D eigenvalue weighted by molar-refractivity contribution is 6.04. The summed E-state index contributed by atoms with van der Waals surface area (Å²) in [5, 5.41) is 0.746. The van der Waals surface area contributed by atoms with Gasteiger partial charge in [-0.15, -0.1) is 0 Å². The summed E-state index contributed by atoms with van der Waals surface area (Å²) in [4.78, 5) is 36.8. The van der Waals surface area contributed by atoms with Gasteiger partial charge >= 0.3 is 5.97 Å². The number of rotatable bonds is 5. The predicted octanol–water partition coefficient (Wildman–Crippen LogP) is 2.25. The van der Waals surface area contributed by atoms with Crippen molar-refractivity contribution in [3.63, 3.8) is 0 Å². The standard InChI is InChI=1S/C20H18N2O5/c1-13-7-9-14(10-8-13)27-12-18(23)21-22-11-17(20(25)26-2)15-5-3-4-6-16(15)19(22)24/h3-11H,12H2,1-2H3,(H,21,23). The van der Waals surface area contributed by atoms with Crippen LogP contribution in [0.3, 0.4) is 0 Å². The minimum Gasteiger partial charge on any atom is -0.484 e. The maximum absolute atomic E-state index is 12.6. The van der Waals surface area contributed by atoms with Gasteiger partial charge in [0, 0.05) is 17.0 Å². The van der Waals surface area contributed by atoms with Crippen LogP contribution in [0.5, 0.6) is 5.75 Å². The Kier molecular flexibility index (Phi) is 5.21. The van der Waals surface area contributed by atoms with E-state index in [1.165, 1.54) is 13.3 Å². The van der Waals surface area contributed by atoms with Gasteiger partial charge in [0.05, 0.1) is 12.7 Å². The average Bonchev–Trinajstić information content (AvgIpc) is 2.69. The minimum atomic E-state index is -0.606. The first-order valence-electron chi connectivity index (χ1n) is 8.21. The van der Waals surface area contributed by atoms with Gasteiger partial charge in [-0.2, -0.15) is 0 Å². The Balaban J connectivity index is 1.84. The molecule has 1 N–H and O–H groups in total. The van der Waals surface area contributed by atoms with Crippen LogP contribution in [0.2, 0.25) is 0 Å². The molecule has 0 aliphatic carbocycles. The molecule has 0 aliphatic rings. The number of ether oxygens (including phenoxy) is 2. The van der Waals surface area contributed by atoms with Crippen molar-refractivity contribution < 1.29 is 19.1 Å². The number of hydrogen-bond donors (Lipinski definition) is 1. The summed E-state index contributed by atoms with van der Waals surface area (Å²) < 4.78 is 11.1. The smallest absolute Gasteiger partial charge is 0.340 e. The van der Waals surface area contributed by atoms with E-state index in [1.807, 2.05) is 19.1 Å². The molecule has 2 aromatic carbocycles. The molecule has 27 heavy (non-hydrogen) atoms. The Bertz CT molecular complexity index is 1050. The van der Waals surface area contributed by atoms with Crippen molar-refractivity contribution in [1.29, 1.82) is 0 Å². The number of hydrogen-bond acceptors (Lipinski definition) is 5. The second kappa shape index (κ2) is 7.74. The molecule has 0 fully saturated rings. The summed E-state index contributed by atoms with van der Waals surface area (Å²) in [6.07, 6.45) is 1.25. The molecule has 1 amide bonds. The highest BCUT2D eigenvalue weighted by atomic mass is 16.5. The molecule has 1 aromatic heterocycles. The molecule has 138 valence electrons. The molecule has 0 bridgehead atoms. The number of amides is 1. The number of methoxy groups -OCH3 is 1. The van der Waals surface area contributed by atoms with Crippen LogP contribution in [-0.4, -0.2) is 30.3 Å². The summed E-state index contributed by atoms with van der Waals surface area (Å²) in [5.41, 5.74) is 3.23. The fraction of sp³-hybridized carbons (Fsp3) is 0.150. The van der Waals surface area contributed by atoms with E-state index in [-0.39, 0.29) is 12.2 Å². The highest BCUT2D eigenvalue weighted by Crippen LogP contribution is 2.16. The first-order chi connectivity index (χ1) is 13.0. The zero-order chi connectivity index (χ0) is 19.4. The van der Waals surface area contributed by atoms with Gasteiger partial charge in [-0.25, -0.2) is 9.47 Å². The monoisotopic (exact) mass is 366 g/mol. The van der Waals surface area contributed by atoms with E-state index in [1.54, 1.807) is 36.4 Å². The van der Waals surface area contributed by atoms with E-state index in [9.17, 15) is 14.4 Å². The largest absolute Gasteiger partial charge is 0.484 e. The van der Waals surface area contributed by atoms with Gasteiger partial charge in [0.15, 0.2) is 6.61 Å². The van der Waals surface area contributed by atoms with E-state index >= 15 is 0 Å². The number of benzene rings is 2. The maximum atomic E-state index is 12.6. The zero-order valence-electron chi connectivity index (χ0n) is 14.9. The van der Waals surface area contributed by atoms with Crippen molar-refractivity contribution >= 4 is 22.6 Å². The second-order valence-corrected chi connectivity index (χ2v) is 5.89. The normalized spacial score (nSPS) is 10.4. The number of fused-ring (bicyclic) bond motifs is 1. The van der Waals surface area contributed by atoms with Crippen LogP contribution in [0.25, 0.3) is 10.8 Å². The van der Waals surface area contributed by atoms with Crippen LogP contribution in [0.4, 0.5) is 0 Å². The Hall–Kier alpha value is -3.61. The zero-order valence-corrected chi connectivity index (χ0v) is 14.9. The number of aryl methyl sites for hydroxylation is 1. The number of carbonyl (C=O) groups is 2. The third kappa shape index (κ3) is 3.98. The molecule has 0 unspecified atom stereocenters. The van der Waals surface area contributed by atoms with Crippen molar-refractivity contribution in [2.75, 3.05) is 19.1 Å². The molecule has 1 heterocycles. The Morgan fingerprint density at radius 2 is 1.70 bits per heavy atom. The molecule has 7 nitrogen and oxygen atoms in total. The number of pyridine rings is 1. The summed E-state index contributed by atoms with van der Waals surface area (Å²) in [6.45, 7) is 1.66. The lowest BCUT2D eigenvalue weighted by molar-refractivity contribution is -0.119. The predicted molar refractivity (Wildman–Crippen MR) is 101 cm³/mol. The van der Waals surface area contributed by atoms with Crippen LogP contribution in [0.1, 0.15) is 15.9 Å². The van der Waals surface area contributed by atoms with Gasteiger partial charge in [-0.3, -0.25) is 15.0 Å². The number of aromatic nitrogens is 1. The molecular formula is C20H18N2O5.